The maximum atomic E-state index is 10.9. The van der Waals surface area contributed by atoms with Gasteiger partial charge in [0.15, 0.2) is 5.76 Å². The van der Waals surface area contributed by atoms with Crippen LogP contribution in [-0.4, -0.2) is 11.7 Å². The highest BCUT2D eigenvalue weighted by Crippen LogP contribution is 2.00. The molecule has 0 aliphatic carbocycles. The summed E-state index contributed by atoms with van der Waals surface area (Å²) in [6.07, 6.45) is 1.32. The number of ketones is 1. The fourth-order valence-corrected chi connectivity index (χ4v) is 0.672. The number of furan rings is 1. The number of carbonyl (C=O) groups is 2. The average Bonchev–Trinajstić information content (AvgIpc) is 2.53. The van der Waals surface area contributed by atoms with Crippen molar-refractivity contribution < 1.29 is 14.0 Å². The van der Waals surface area contributed by atoms with Crippen LogP contribution in [0.15, 0.2) is 22.8 Å². The molecule has 0 aliphatic heterocycles. The van der Waals surface area contributed by atoms with Crippen LogP contribution in [0, 0.1) is 0 Å². The van der Waals surface area contributed by atoms with Crippen LogP contribution in [0.4, 0.5) is 0 Å². The molecule has 1 aromatic heterocycles. The van der Waals surface area contributed by atoms with E-state index in [-0.39, 0.29) is 5.76 Å². The van der Waals surface area contributed by atoms with E-state index < -0.39 is 11.7 Å². The lowest BCUT2D eigenvalue weighted by Crippen LogP contribution is -2.23. The predicted molar refractivity (Wildman–Crippen MR) is 40.2 cm³/mol. The molecule has 0 aliphatic rings. The number of amides is 1. The number of thiol groups is 1. The van der Waals surface area contributed by atoms with Crippen LogP contribution in [-0.2, 0) is 4.79 Å². The minimum absolute atomic E-state index is 0.0107. The highest BCUT2D eigenvalue weighted by Gasteiger charge is 2.16. The first kappa shape index (κ1) is 7.87. The molecule has 1 N–H and O–H groups in total. The zero-order valence-electron chi connectivity index (χ0n) is 5.40. The molecule has 0 atom stereocenters. The van der Waals surface area contributed by atoms with E-state index in [0.717, 1.165) is 0 Å². The zero-order chi connectivity index (χ0) is 8.27. The van der Waals surface area contributed by atoms with Crippen LogP contribution in [0.2, 0.25) is 0 Å². The smallest absolute Gasteiger partial charge is 0.305 e. The fourth-order valence-electron chi connectivity index (χ4n) is 0.570. The number of hydrogen-bond acceptors (Lipinski definition) is 4. The predicted octanol–water partition coefficient (Wildman–Crippen LogP) is 0.423. The van der Waals surface area contributed by atoms with Crippen LogP contribution in [0.3, 0.4) is 0 Å². The molecule has 0 saturated heterocycles. The summed E-state index contributed by atoms with van der Waals surface area (Å²) in [4.78, 5) is 21.5. The van der Waals surface area contributed by atoms with E-state index in [2.05, 4.69) is 17.2 Å². The summed E-state index contributed by atoms with van der Waals surface area (Å²) in [5.41, 5.74) is 0. The molecule has 0 unspecified atom stereocenters. The summed E-state index contributed by atoms with van der Waals surface area (Å²) in [6.45, 7) is 0. The first-order valence-electron chi connectivity index (χ1n) is 2.78. The van der Waals surface area contributed by atoms with Gasteiger partial charge in [-0.25, -0.2) is 0 Å². The highest BCUT2D eigenvalue weighted by atomic mass is 32.1. The number of hydrogen-bond donors (Lipinski definition) is 2. The lowest BCUT2D eigenvalue weighted by Gasteiger charge is -1.91. The molecule has 0 spiro atoms. The van der Waals surface area contributed by atoms with E-state index >= 15 is 0 Å². The molecular formula is C6H5NO3S. The van der Waals surface area contributed by atoms with Gasteiger partial charge in [-0.2, -0.15) is 0 Å². The summed E-state index contributed by atoms with van der Waals surface area (Å²) >= 11 is 3.42. The molecule has 0 bridgehead atoms. The zero-order valence-corrected chi connectivity index (χ0v) is 6.30. The van der Waals surface area contributed by atoms with Crippen LogP contribution in [0.5, 0.6) is 0 Å². The monoisotopic (exact) mass is 171 g/mol. The van der Waals surface area contributed by atoms with Gasteiger partial charge >= 0.3 is 5.91 Å². The van der Waals surface area contributed by atoms with E-state index in [1.165, 1.54) is 18.4 Å². The maximum Gasteiger partial charge on any atom is 0.305 e. The number of rotatable bonds is 2. The quantitative estimate of drug-likeness (QED) is 0.385. The Morgan fingerprint density at radius 2 is 2.27 bits per heavy atom. The molecule has 1 amide bonds. The normalized spacial score (nSPS) is 9.18. The maximum absolute atomic E-state index is 10.9. The third-order valence-electron chi connectivity index (χ3n) is 1.05. The van der Waals surface area contributed by atoms with Crippen molar-refractivity contribution >= 4 is 24.5 Å². The van der Waals surface area contributed by atoms with Crippen molar-refractivity contribution in [2.24, 2.45) is 0 Å². The van der Waals surface area contributed by atoms with Crippen molar-refractivity contribution in [3.05, 3.63) is 24.2 Å². The Balaban J connectivity index is 2.79. The Labute approximate surface area is 68.1 Å². The van der Waals surface area contributed by atoms with Gasteiger partial charge in [0.25, 0.3) is 5.78 Å². The van der Waals surface area contributed by atoms with Crippen LogP contribution >= 0.6 is 12.8 Å². The molecule has 5 heteroatoms. The van der Waals surface area contributed by atoms with E-state index in [0.29, 0.717) is 0 Å². The van der Waals surface area contributed by atoms with Crippen LogP contribution in [0.25, 0.3) is 0 Å². The average molecular weight is 171 g/mol. The lowest BCUT2D eigenvalue weighted by molar-refractivity contribution is -0.115. The number of nitrogens with one attached hydrogen (secondary N) is 1. The van der Waals surface area contributed by atoms with Gasteiger partial charge in [0.1, 0.15) is 0 Å². The molecule has 1 rings (SSSR count). The summed E-state index contributed by atoms with van der Waals surface area (Å²) in [6, 6.07) is 2.93. The van der Waals surface area contributed by atoms with Gasteiger partial charge in [0, 0.05) is 0 Å². The molecule has 1 heterocycles. The molecule has 0 saturated carbocycles. The van der Waals surface area contributed by atoms with Crippen LogP contribution < -0.4 is 4.72 Å². The minimum atomic E-state index is -0.803. The van der Waals surface area contributed by atoms with Crippen molar-refractivity contribution in [3.63, 3.8) is 0 Å². The second kappa shape index (κ2) is 3.25. The van der Waals surface area contributed by atoms with Gasteiger partial charge in [-0.1, -0.05) is 12.8 Å². The van der Waals surface area contributed by atoms with Gasteiger partial charge in [0.05, 0.1) is 6.26 Å². The summed E-state index contributed by atoms with van der Waals surface area (Å²) in [5, 5.41) is 0. The molecule has 4 nitrogen and oxygen atoms in total. The molecule has 0 radical (unpaired) electrons. The second-order valence-corrected chi connectivity index (χ2v) is 1.97. The van der Waals surface area contributed by atoms with Crippen molar-refractivity contribution in [2.45, 2.75) is 0 Å². The molecule has 1 aromatic rings. The Kier molecular flexibility index (Phi) is 2.32. The Hall–Kier alpha value is -1.23. The fraction of sp³-hybridized carbons (Fsp3) is 0. The van der Waals surface area contributed by atoms with Gasteiger partial charge in [0.2, 0.25) is 0 Å². The SMILES string of the molecule is O=C(NS)C(=O)c1ccco1. The van der Waals surface area contributed by atoms with E-state index in [1.807, 2.05) is 4.72 Å². The molecule has 0 fully saturated rings. The Bertz CT molecular complexity index is 267. The largest absolute Gasteiger partial charge is 0.461 e. The summed E-state index contributed by atoms with van der Waals surface area (Å²) < 4.78 is 6.57. The molecule has 58 valence electrons. The van der Waals surface area contributed by atoms with Crippen molar-refractivity contribution in [2.75, 3.05) is 0 Å². The van der Waals surface area contributed by atoms with E-state index in [4.69, 9.17) is 0 Å². The standard InChI is InChI=1S/C6H5NO3S/c8-5(6(9)7-11)4-2-1-3-10-4/h1-3,11H,(H,7,9). The molecule has 0 aromatic carbocycles. The summed E-state index contributed by atoms with van der Waals surface area (Å²) in [7, 11) is 0. The minimum Gasteiger partial charge on any atom is -0.461 e. The first-order valence-corrected chi connectivity index (χ1v) is 3.22. The highest BCUT2D eigenvalue weighted by molar-refractivity contribution is 7.78. The lowest BCUT2D eigenvalue weighted by atomic mass is 10.3. The van der Waals surface area contributed by atoms with E-state index in [9.17, 15) is 9.59 Å². The van der Waals surface area contributed by atoms with Crippen molar-refractivity contribution in [1.82, 2.24) is 4.72 Å². The summed E-state index contributed by atoms with van der Waals surface area (Å²) in [5.74, 6) is -1.52. The second-order valence-electron chi connectivity index (χ2n) is 1.75. The number of carbonyl (C=O) groups excluding carboxylic acids is 2. The third kappa shape index (κ3) is 1.62. The third-order valence-corrected chi connectivity index (χ3v) is 1.26. The van der Waals surface area contributed by atoms with Gasteiger partial charge in [-0.05, 0) is 12.1 Å². The van der Waals surface area contributed by atoms with Gasteiger partial charge < -0.3 is 4.42 Å². The Morgan fingerprint density at radius 1 is 1.55 bits per heavy atom. The Morgan fingerprint density at radius 3 is 2.73 bits per heavy atom. The first-order chi connectivity index (χ1) is 5.25. The van der Waals surface area contributed by atoms with Crippen molar-refractivity contribution in [3.8, 4) is 0 Å². The van der Waals surface area contributed by atoms with Crippen LogP contribution in [0.1, 0.15) is 10.6 Å². The van der Waals surface area contributed by atoms with Gasteiger partial charge in [-0.15, -0.1) is 0 Å². The van der Waals surface area contributed by atoms with E-state index in [1.54, 1.807) is 0 Å². The van der Waals surface area contributed by atoms with Gasteiger partial charge in [-0.3, -0.25) is 14.3 Å². The molecular weight excluding hydrogens is 166 g/mol. The topological polar surface area (TPSA) is 59.3 Å². The molecule has 11 heavy (non-hydrogen) atoms. The number of Topliss-reactive ketones (excluding diaryl/α,β-unsaturated/α-hetero) is 1. The van der Waals surface area contributed by atoms with Crippen molar-refractivity contribution in [1.29, 1.82) is 0 Å².